The smallest absolute Gasteiger partial charge is 0.157 e. The summed E-state index contributed by atoms with van der Waals surface area (Å²) < 4.78 is 0. The molecule has 1 N–H and O–H groups in total. The van der Waals surface area contributed by atoms with Crippen LogP contribution in [0.25, 0.3) is 0 Å². The first kappa shape index (κ1) is 12.5. The third-order valence-electron chi connectivity index (χ3n) is 3.50. The van der Waals surface area contributed by atoms with Crippen molar-refractivity contribution in [3.8, 4) is 0 Å². The molecular formula is C13H19N3S2. The lowest BCUT2D eigenvalue weighted by atomic mass is 10.2. The minimum Gasteiger partial charge on any atom is -0.358 e. The molecule has 0 radical (unpaired) electrons. The molecule has 18 heavy (non-hydrogen) atoms. The van der Waals surface area contributed by atoms with Crippen LogP contribution in [-0.2, 0) is 0 Å². The zero-order valence-corrected chi connectivity index (χ0v) is 12.7. The Bertz CT molecular complexity index is 477. The molecule has 5 heteroatoms. The third-order valence-corrected chi connectivity index (χ3v) is 6.06. The summed E-state index contributed by atoms with van der Waals surface area (Å²) in [7, 11) is 0. The molecule has 1 aromatic rings. The molecule has 2 aliphatic rings. The van der Waals surface area contributed by atoms with E-state index in [0.29, 0.717) is 6.04 Å². The van der Waals surface area contributed by atoms with E-state index in [1.165, 1.54) is 17.7 Å². The average Bonchev–Trinajstić information content (AvgIpc) is 2.97. The minimum atomic E-state index is 0.320. The SMILES string of the molecule is Cc1nc(C)c(C(C)NC2=NCC(C3CC3)S2)s1. The van der Waals surface area contributed by atoms with E-state index in [4.69, 9.17) is 0 Å². The third kappa shape index (κ3) is 2.57. The maximum absolute atomic E-state index is 4.63. The predicted octanol–water partition coefficient (Wildman–Crippen LogP) is 3.29. The fraction of sp³-hybridized carbons (Fsp3) is 0.692. The number of nitrogens with one attached hydrogen (secondary N) is 1. The number of thioether (sulfide) groups is 1. The summed E-state index contributed by atoms with van der Waals surface area (Å²) >= 11 is 3.73. The van der Waals surface area contributed by atoms with E-state index >= 15 is 0 Å². The number of aromatic nitrogens is 1. The van der Waals surface area contributed by atoms with Crippen molar-refractivity contribution in [3.63, 3.8) is 0 Å². The van der Waals surface area contributed by atoms with E-state index in [0.717, 1.165) is 33.6 Å². The molecule has 1 fully saturated rings. The molecule has 2 heterocycles. The van der Waals surface area contributed by atoms with Gasteiger partial charge in [0.1, 0.15) is 0 Å². The van der Waals surface area contributed by atoms with Gasteiger partial charge in [-0.25, -0.2) is 4.98 Å². The second-order valence-electron chi connectivity index (χ2n) is 5.19. The summed E-state index contributed by atoms with van der Waals surface area (Å²) in [5, 5.41) is 6.56. The predicted molar refractivity (Wildman–Crippen MR) is 79.5 cm³/mol. The standard InChI is InChI=1S/C13H19N3S2/c1-7-12(17-9(3)15-7)8(2)16-13-14-6-11(18-13)10-4-5-10/h8,10-11H,4-6H2,1-3H3,(H,14,16). The largest absolute Gasteiger partial charge is 0.358 e. The Morgan fingerprint density at radius 2 is 2.11 bits per heavy atom. The van der Waals surface area contributed by atoms with Gasteiger partial charge in [-0.05, 0) is 39.5 Å². The van der Waals surface area contributed by atoms with Crippen molar-refractivity contribution in [3.05, 3.63) is 15.6 Å². The number of amidine groups is 1. The van der Waals surface area contributed by atoms with Crippen LogP contribution >= 0.6 is 23.1 Å². The number of thiazole rings is 1. The van der Waals surface area contributed by atoms with Crippen LogP contribution in [0.15, 0.2) is 4.99 Å². The van der Waals surface area contributed by atoms with Crippen LogP contribution < -0.4 is 5.32 Å². The van der Waals surface area contributed by atoms with Crippen molar-refractivity contribution in [2.45, 2.75) is 44.9 Å². The van der Waals surface area contributed by atoms with Gasteiger partial charge in [-0.2, -0.15) is 0 Å². The van der Waals surface area contributed by atoms with Crippen LogP contribution in [0.5, 0.6) is 0 Å². The van der Waals surface area contributed by atoms with Gasteiger partial charge in [0.05, 0.1) is 23.3 Å². The van der Waals surface area contributed by atoms with Gasteiger partial charge in [-0.1, -0.05) is 11.8 Å². The molecule has 3 nitrogen and oxygen atoms in total. The maximum atomic E-state index is 4.63. The number of nitrogens with zero attached hydrogens (tertiary/aromatic N) is 2. The Hall–Kier alpha value is -0.550. The van der Waals surface area contributed by atoms with Crippen molar-refractivity contribution < 1.29 is 0 Å². The van der Waals surface area contributed by atoms with Gasteiger partial charge in [0, 0.05) is 10.1 Å². The van der Waals surface area contributed by atoms with Crippen LogP contribution in [0.1, 0.15) is 41.4 Å². The van der Waals surface area contributed by atoms with Gasteiger partial charge in [-0.15, -0.1) is 11.3 Å². The quantitative estimate of drug-likeness (QED) is 0.923. The Morgan fingerprint density at radius 1 is 1.33 bits per heavy atom. The van der Waals surface area contributed by atoms with E-state index in [9.17, 15) is 0 Å². The van der Waals surface area contributed by atoms with E-state index in [1.807, 2.05) is 11.8 Å². The highest BCUT2D eigenvalue weighted by atomic mass is 32.2. The summed E-state index contributed by atoms with van der Waals surface area (Å²) in [5.74, 6) is 0.931. The van der Waals surface area contributed by atoms with Crippen LogP contribution in [-0.4, -0.2) is 21.9 Å². The van der Waals surface area contributed by atoms with Crippen molar-refractivity contribution in [2.75, 3.05) is 6.54 Å². The molecule has 1 aliphatic carbocycles. The van der Waals surface area contributed by atoms with Crippen molar-refractivity contribution in [1.29, 1.82) is 0 Å². The molecule has 1 saturated carbocycles. The lowest BCUT2D eigenvalue weighted by molar-refractivity contribution is 0.727. The molecule has 0 spiro atoms. The fourth-order valence-corrected chi connectivity index (χ4v) is 4.61. The summed E-state index contributed by atoms with van der Waals surface area (Å²) in [6.45, 7) is 7.37. The number of hydrogen-bond donors (Lipinski definition) is 1. The Morgan fingerprint density at radius 3 is 2.72 bits per heavy atom. The topological polar surface area (TPSA) is 37.3 Å². The second kappa shape index (κ2) is 4.85. The monoisotopic (exact) mass is 281 g/mol. The van der Waals surface area contributed by atoms with E-state index < -0.39 is 0 Å². The van der Waals surface area contributed by atoms with E-state index in [2.05, 4.69) is 36.1 Å². The van der Waals surface area contributed by atoms with Crippen LogP contribution in [0.3, 0.4) is 0 Å². The Balaban J connectivity index is 1.61. The lowest BCUT2D eigenvalue weighted by Crippen LogP contribution is -2.23. The van der Waals surface area contributed by atoms with Gasteiger partial charge in [0.25, 0.3) is 0 Å². The van der Waals surface area contributed by atoms with Crippen molar-refractivity contribution in [1.82, 2.24) is 10.3 Å². The highest BCUT2D eigenvalue weighted by Crippen LogP contribution is 2.41. The zero-order chi connectivity index (χ0) is 12.7. The Labute approximate surface area is 116 Å². The molecule has 1 aliphatic heterocycles. The Kier molecular flexibility index (Phi) is 3.36. The number of hydrogen-bond acceptors (Lipinski definition) is 5. The minimum absolute atomic E-state index is 0.320. The zero-order valence-electron chi connectivity index (χ0n) is 11.1. The lowest BCUT2D eigenvalue weighted by Gasteiger charge is -2.14. The van der Waals surface area contributed by atoms with Gasteiger partial charge in [0.15, 0.2) is 5.17 Å². The van der Waals surface area contributed by atoms with Crippen LogP contribution in [0.2, 0.25) is 0 Å². The molecule has 2 atom stereocenters. The molecule has 1 aromatic heterocycles. The molecule has 0 saturated heterocycles. The fourth-order valence-electron chi connectivity index (χ4n) is 2.38. The molecule has 0 aromatic carbocycles. The van der Waals surface area contributed by atoms with Crippen LogP contribution in [0.4, 0.5) is 0 Å². The second-order valence-corrected chi connectivity index (χ2v) is 7.65. The molecule has 2 unspecified atom stereocenters. The van der Waals surface area contributed by atoms with E-state index in [-0.39, 0.29) is 0 Å². The van der Waals surface area contributed by atoms with Crippen molar-refractivity contribution >= 4 is 28.3 Å². The molecule has 98 valence electrons. The molecule has 0 amide bonds. The number of rotatable bonds is 3. The maximum Gasteiger partial charge on any atom is 0.157 e. The first-order valence-corrected chi connectivity index (χ1v) is 8.24. The average molecular weight is 281 g/mol. The van der Waals surface area contributed by atoms with Gasteiger partial charge in [0.2, 0.25) is 0 Å². The van der Waals surface area contributed by atoms with E-state index in [1.54, 1.807) is 11.3 Å². The summed E-state index contributed by atoms with van der Waals surface area (Å²) in [4.78, 5) is 10.5. The highest BCUT2D eigenvalue weighted by molar-refractivity contribution is 8.14. The number of aryl methyl sites for hydroxylation is 2. The first-order chi connectivity index (χ1) is 8.63. The summed E-state index contributed by atoms with van der Waals surface area (Å²) in [6, 6.07) is 0.320. The molecule has 0 bridgehead atoms. The molecular weight excluding hydrogens is 262 g/mol. The summed E-state index contributed by atoms with van der Waals surface area (Å²) in [5.41, 5.74) is 1.15. The molecule has 3 rings (SSSR count). The number of aliphatic imine (C=N–C) groups is 1. The highest BCUT2D eigenvalue weighted by Gasteiger charge is 2.35. The van der Waals surface area contributed by atoms with Gasteiger partial charge in [-0.3, -0.25) is 4.99 Å². The van der Waals surface area contributed by atoms with Gasteiger partial charge >= 0.3 is 0 Å². The van der Waals surface area contributed by atoms with Crippen LogP contribution in [0, 0.1) is 19.8 Å². The van der Waals surface area contributed by atoms with Crippen molar-refractivity contribution in [2.24, 2.45) is 10.9 Å². The van der Waals surface area contributed by atoms with Gasteiger partial charge < -0.3 is 5.32 Å². The normalized spacial score (nSPS) is 25.1. The summed E-state index contributed by atoms with van der Waals surface area (Å²) in [6.07, 6.45) is 2.81. The first-order valence-electron chi connectivity index (χ1n) is 6.55.